The fourth-order valence-corrected chi connectivity index (χ4v) is 3.71. The predicted molar refractivity (Wildman–Crippen MR) is 105 cm³/mol. The van der Waals surface area contributed by atoms with Crippen molar-refractivity contribution in [3.05, 3.63) is 66.5 Å². The van der Waals surface area contributed by atoms with E-state index in [1.54, 1.807) is 25.1 Å². The number of hydrogen-bond donors (Lipinski definition) is 2. The molecule has 0 bridgehead atoms. The van der Waals surface area contributed by atoms with Crippen molar-refractivity contribution in [3.8, 4) is 11.8 Å². The Morgan fingerprint density at radius 3 is 2.29 bits per heavy atom. The smallest absolute Gasteiger partial charge is 0.322 e. The number of carbonyl (C=O) groups is 1. The molecular weight excluding hydrogens is 380 g/mol. The second-order valence-electron chi connectivity index (χ2n) is 5.94. The Morgan fingerprint density at radius 1 is 1.00 bits per heavy atom. The van der Waals surface area contributed by atoms with Crippen molar-refractivity contribution in [1.82, 2.24) is 9.97 Å². The number of para-hydroxylation sites is 1. The monoisotopic (exact) mass is 398 g/mol. The zero-order valence-electron chi connectivity index (χ0n) is 15.2. The van der Waals surface area contributed by atoms with Crippen molar-refractivity contribution in [2.45, 2.75) is 18.7 Å². The maximum absolute atomic E-state index is 12.6. The summed E-state index contributed by atoms with van der Waals surface area (Å²) in [5, 5.41) is 2.61. The third-order valence-corrected chi connectivity index (χ3v) is 5.16. The Morgan fingerprint density at radius 2 is 1.68 bits per heavy atom. The first-order valence-electron chi connectivity index (χ1n) is 8.29. The number of anilines is 2. The maximum Gasteiger partial charge on any atom is 0.322 e. The van der Waals surface area contributed by atoms with Crippen LogP contribution in [0.5, 0.6) is 11.8 Å². The molecule has 144 valence electrons. The summed E-state index contributed by atoms with van der Waals surface area (Å²) >= 11 is 0. The molecule has 8 nitrogen and oxygen atoms in total. The van der Waals surface area contributed by atoms with Gasteiger partial charge in [-0.3, -0.25) is 9.52 Å². The van der Waals surface area contributed by atoms with E-state index >= 15 is 0 Å². The number of aryl methyl sites for hydroxylation is 1. The lowest BCUT2D eigenvalue weighted by atomic mass is 10.2. The van der Waals surface area contributed by atoms with Crippen LogP contribution in [0.15, 0.2) is 65.8 Å². The zero-order chi connectivity index (χ0) is 20.1. The molecule has 0 unspecified atom stereocenters. The van der Waals surface area contributed by atoms with Gasteiger partial charge in [-0.2, -0.15) is 0 Å². The molecule has 0 saturated heterocycles. The molecule has 1 aromatic heterocycles. The highest BCUT2D eigenvalue weighted by Gasteiger charge is 2.18. The number of benzene rings is 2. The number of carbonyl (C=O) groups excluding carboxylic acids is 1. The summed E-state index contributed by atoms with van der Waals surface area (Å²) in [4.78, 5) is 19.2. The Labute approximate surface area is 162 Å². The highest BCUT2D eigenvalue weighted by molar-refractivity contribution is 7.92. The normalized spacial score (nSPS) is 10.9. The molecule has 2 N–H and O–H groups in total. The molecule has 0 aliphatic rings. The fourth-order valence-electron chi connectivity index (χ4n) is 2.46. The minimum atomic E-state index is -3.84. The Kier molecular flexibility index (Phi) is 5.55. The molecular formula is C19H18N4O4S. The minimum absolute atomic E-state index is 0.0891. The molecule has 2 aromatic carbocycles. The van der Waals surface area contributed by atoms with Gasteiger partial charge in [-0.15, -0.1) is 0 Å². The lowest BCUT2D eigenvalue weighted by Crippen LogP contribution is -2.15. The summed E-state index contributed by atoms with van der Waals surface area (Å²) in [6.07, 6.45) is 2.65. The summed E-state index contributed by atoms with van der Waals surface area (Å²) < 4.78 is 33.2. The Hall–Kier alpha value is -3.46. The van der Waals surface area contributed by atoms with Crippen molar-refractivity contribution in [3.63, 3.8) is 0 Å². The van der Waals surface area contributed by atoms with E-state index in [4.69, 9.17) is 4.74 Å². The maximum atomic E-state index is 12.6. The van der Waals surface area contributed by atoms with E-state index in [1.807, 2.05) is 18.2 Å². The van der Waals surface area contributed by atoms with Gasteiger partial charge < -0.3 is 10.1 Å². The second kappa shape index (κ2) is 8.05. The quantitative estimate of drug-likeness (QED) is 0.659. The highest BCUT2D eigenvalue weighted by atomic mass is 32.2. The zero-order valence-corrected chi connectivity index (χ0v) is 16.0. The van der Waals surface area contributed by atoms with Crippen LogP contribution >= 0.6 is 0 Å². The van der Waals surface area contributed by atoms with Crippen LogP contribution in [0.2, 0.25) is 0 Å². The van der Waals surface area contributed by atoms with Gasteiger partial charge >= 0.3 is 6.01 Å². The van der Waals surface area contributed by atoms with E-state index in [-0.39, 0.29) is 22.5 Å². The minimum Gasteiger partial charge on any atom is -0.424 e. The molecule has 0 aliphatic carbocycles. The molecule has 0 radical (unpaired) electrons. The summed E-state index contributed by atoms with van der Waals surface area (Å²) in [7, 11) is -3.84. The van der Waals surface area contributed by atoms with Crippen LogP contribution in [0.4, 0.5) is 11.4 Å². The molecule has 0 spiro atoms. The van der Waals surface area contributed by atoms with Crippen LogP contribution in [0, 0.1) is 6.92 Å². The van der Waals surface area contributed by atoms with Crippen molar-refractivity contribution in [2.75, 3.05) is 10.0 Å². The topological polar surface area (TPSA) is 110 Å². The van der Waals surface area contributed by atoms with Gasteiger partial charge in [0.15, 0.2) is 0 Å². The molecule has 28 heavy (non-hydrogen) atoms. The first-order chi connectivity index (χ1) is 13.3. The van der Waals surface area contributed by atoms with E-state index in [0.717, 1.165) is 0 Å². The van der Waals surface area contributed by atoms with Gasteiger partial charge in [-0.05, 0) is 42.8 Å². The van der Waals surface area contributed by atoms with Crippen molar-refractivity contribution in [1.29, 1.82) is 0 Å². The third-order valence-electron chi connectivity index (χ3n) is 3.62. The molecule has 0 saturated carbocycles. The number of amides is 1. The molecule has 0 aliphatic heterocycles. The highest BCUT2D eigenvalue weighted by Crippen LogP contribution is 2.23. The van der Waals surface area contributed by atoms with Crippen molar-refractivity contribution in [2.24, 2.45) is 0 Å². The van der Waals surface area contributed by atoms with Gasteiger partial charge in [0.1, 0.15) is 5.75 Å². The van der Waals surface area contributed by atoms with Crippen LogP contribution < -0.4 is 14.8 Å². The number of sulfonamides is 1. The van der Waals surface area contributed by atoms with Crippen LogP contribution in [0.1, 0.15) is 12.5 Å². The van der Waals surface area contributed by atoms with E-state index in [2.05, 4.69) is 20.0 Å². The van der Waals surface area contributed by atoms with E-state index < -0.39 is 10.0 Å². The van der Waals surface area contributed by atoms with Crippen LogP contribution in [-0.2, 0) is 14.8 Å². The molecule has 9 heteroatoms. The summed E-state index contributed by atoms with van der Waals surface area (Å²) in [5.74, 6) is 0.341. The SMILES string of the molecule is CC(=O)Nc1ccc(S(=O)(=O)Nc2cnc(Oc3ccccc3)nc2)c(C)c1. The third kappa shape index (κ3) is 4.83. The van der Waals surface area contributed by atoms with Gasteiger partial charge in [0.05, 0.1) is 23.0 Å². The van der Waals surface area contributed by atoms with Crippen LogP contribution in [0.25, 0.3) is 0 Å². The van der Waals surface area contributed by atoms with Gasteiger partial charge in [0, 0.05) is 12.6 Å². The van der Waals surface area contributed by atoms with Gasteiger partial charge in [-0.1, -0.05) is 18.2 Å². The van der Waals surface area contributed by atoms with Crippen LogP contribution in [0.3, 0.4) is 0 Å². The Balaban J connectivity index is 1.74. The molecule has 1 heterocycles. The molecule has 0 atom stereocenters. The molecule has 3 rings (SSSR count). The molecule has 1 amide bonds. The van der Waals surface area contributed by atoms with Gasteiger partial charge in [-0.25, -0.2) is 18.4 Å². The lowest BCUT2D eigenvalue weighted by molar-refractivity contribution is -0.114. The largest absolute Gasteiger partial charge is 0.424 e. The van der Waals surface area contributed by atoms with E-state index in [0.29, 0.717) is 17.0 Å². The van der Waals surface area contributed by atoms with E-state index in [9.17, 15) is 13.2 Å². The average molecular weight is 398 g/mol. The lowest BCUT2D eigenvalue weighted by Gasteiger charge is -2.12. The first-order valence-corrected chi connectivity index (χ1v) is 9.78. The Bertz CT molecular complexity index is 1080. The van der Waals surface area contributed by atoms with Crippen molar-refractivity contribution < 1.29 is 17.9 Å². The molecule has 3 aromatic rings. The number of ether oxygens (including phenoxy) is 1. The van der Waals surface area contributed by atoms with Gasteiger partial charge in [0.2, 0.25) is 5.91 Å². The second-order valence-corrected chi connectivity index (χ2v) is 7.59. The summed E-state index contributed by atoms with van der Waals surface area (Å²) in [6, 6.07) is 13.6. The average Bonchev–Trinajstić information content (AvgIpc) is 2.63. The van der Waals surface area contributed by atoms with Crippen LogP contribution in [-0.4, -0.2) is 24.3 Å². The van der Waals surface area contributed by atoms with Crippen molar-refractivity contribution >= 4 is 27.3 Å². The number of aromatic nitrogens is 2. The first kappa shape index (κ1) is 19.3. The number of rotatable bonds is 6. The predicted octanol–water partition coefficient (Wildman–Crippen LogP) is 3.34. The number of hydrogen-bond acceptors (Lipinski definition) is 6. The summed E-state index contributed by atoms with van der Waals surface area (Å²) in [5.41, 5.74) is 1.21. The standard InChI is InChI=1S/C19H18N4O4S/c1-13-10-15(22-14(2)24)8-9-18(13)28(25,26)23-16-11-20-19(21-12-16)27-17-6-4-3-5-7-17/h3-12,23H,1-2H3,(H,22,24). The fraction of sp³-hybridized carbons (Fsp3) is 0.105. The van der Waals surface area contributed by atoms with Gasteiger partial charge in [0.25, 0.3) is 10.0 Å². The summed E-state index contributed by atoms with van der Waals surface area (Å²) in [6.45, 7) is 3.03. The number of nitrogens with one attached hydrogen (secondary N) is 2. The molecule has 0 fully saturated rings. The van der Waals surface area contributed by atoms with E-state index in [1.165, 1.54) is 31.5 Å². The number of nitrogens with zero attached hydrogens (tertiary/aromatic N) is 2.